The molecule has 40 heavy (non-hydrogen) atoms. The van der Waals surface area contributed by atoms with Crippen LogP contribution < -0.4 is 15.5 Å². The number of fused-ring (bicyclic) bond motifs is 3. The first-order valence-electron chi connectivity index (χ1n) is 14.0. The van der Waals surface area contributed by atoms with Gasteiger partial charge in [0.25, 0.3) is 0 Å². The molecule has 13 heteroatoms. The fourth-order valence-corrected chi connectivity index (χ4v) is 6.50. The number of aromatic hydroxyl groups is 1. The van der Waals surface area contributed by atoms with E-state index in [0.29, 0.717) is 38.1 Å². The molecule has 3 N–H and O–H groups in total. The minimum Gasteiger partial charge on any atom is -0.504 e. The number of benzene rings is 1. The van der Waals surface area contributed by atoms with Crippen LogP contribution in [-0.4, -0.2) is 126 Å². The zero-order valence-corrected chi connectivity index (χ0v) is 22.8. The van der Waals surface area contributed by atoms with Crippen LogP contribution in [0.4, 0.5) is 25.1 Å². The highest BCUT2D eigenvalue weighted by Crippen LogP contribution is 2.37. The van der Waals surface area contributed by atoms with Crippen molar-refractivity contribution in [1.29, 1.82) is 0 Å². The lowest BCUT2D eigenvalue weighted by Crippen LogP contribution is -2.66. The Bertz CT molecular complexity index is 1250. The lowest BCUT2D eigenvalue weighted by Gasteiger charge is -2.50. The number of piperazine rings is 2. The number of anilines is 2. The van der Waals surface area contributed by atoms with Crippen molar-refractivity contribution in [3.8, 4) is 17.0 Å². The van der Waals surface area contributed by atoms with Gasteiger partial charge in [0.1, 0.15) is 5.82 Å². The Morgan fingerprint density at radius 1 is 1.10 bits per heavy atom. The molecule has 0 spiro atoms. The van der Waals surface area contributed by atoms with Crippen LogP contribution in [0.1, 0.15) is 13.8 Å². The van der Waals surface area contributed by atoms with E-state index in [1.165, 1.54) is 0 Å². The van der Waals surface area contributed by atoms with Gasteiger partial charge in [0.05, 0.1) is 30.1 Å². The molecule has 3 saturated heterocycles. The van der Waals surface area contributed by atoms with Gasteiger partial charge in [-0.25, -0.2) is 13.6 Å². The third-order valence-corrected chi connectivity index (χ3v) is 8.33. The van der Waals surface area contributed by atoms with Crippen molar-refractivity contribution in [2.24, 2.45) is 0 Å². The number of morpholine rings is 1. The summed E-state index contributed by atoms with van der Waals surface area (Å²) in [6.07, 6.45) is 0.180. The number of halogens is 2. The Labute approximate surface area is 232 Å². The first-order chi connectivity index (χ1) is 19.3. The Morgan fingerprint density at radius 3 is 2.65 bits per heavy atom. The number of urea groups is 1. The van der Waals surface area contributed by atoms with Gasteiger partial charge in [-0.1, -0.05) is 0 Å². The number of aromatic nitrogens is 2. The summed E-state index contributed by atoms with van der Waals surface area (Å²) in [5.74, 6) is -1.97. The van der Waals surface area contributed by atoms with Crippen LogP contribution in [-0.2, 0) is 4.74 Å². The second kappa shape index (κ2) is 10.9. The van der Waals surface area contributed by atoms with Gasteiger partial charge < -0.3 is 35.2 Å². The fraction of sp³-hybridized carbons (Fsp3) is 0.593. The number of hydrogen-bond donors (Lipinski definition) is 3. The molecule has 6 rings (SSSR count). The molecule has 2 amide bonds. The van der Waals surface area contributed by atoms with Gasteiger partial charge in [0.15, 0.2) is 17.4 Å². The summed E-state index contributed by atoms with van der Waals surface area (Å²) in [6.45, 7) is 11.4. The molecular formula is C27H36F2N8O3. The van der Waals surface area contributed by atoms with Gasteiger partial charge in [-0.3, -0.25) is 4.90 Å². The fourth-order valence-electron chi connectivity index (χ4n) is 6.50. The second-order valence-electron chi connectivity index (χ2n) is 11.2. The van der Waals surface area contributed by atoms with Crippen molar-refractivity contribution in [2.45, 2.75) is 38.1 Å². The number of carbonyl (C=O) groups is 1. The van der Waals surface area contributed by atoms with Gasteiger partial charge in [-0.05, 0) is 26.0 Å². The van der Waals surface area contributed by atoms with Crippen molar-refractivity contribution in [1.82, 2.24) is 30.2 Å². The molecule has 11 nitrogen and oxygen atoms in total. The van der Waals surface area contributed by atoms with Crippen LogP contribution in [0.15, 0.2) is 18.2 Å². The molecule has 216 valence electrons. The predicted molar refractivity (Wildman–Crippen MR) is 145 cm³/mol. The topological polar surface area (TPSA) is 109 Å². The molecular weight excluding hydrogens is 522 g/mol. The zero-order valence-electron chi connectivity index (χ0n) is 22.8. The van der Waals surface area contributed by atoms with Gasteiger partial charge in [0.2, 0.25) is 0 Å². The van der Waals surface area contributed by atoms with Crippen molar-refractivity contribution in [3.63, 3.8) is 0 Å². The number of carbonyl (C=O) groups excluding carboxylic acids is 1. The van der Waals surface area contributed by atoms with Crippen molar-refractivity contribution in [2.75, 3.05) is 75.7 Å². The minimum absolute atomic E-state index is 0.0112. The quantitative estimate of drug-likeness (QED) is 0.517. The number of phenols is 1. The summed E-state index contributed by atoms with van der Waals surface area (Å²) in [6, 6.07) is 3.55. The number of ether oxygens (including phenoxy) is 1. The average molecular weight is 559 g/mol. The average Bonchev–Trinajstić information content (AvgIpc) is 2.94. The standard InChI is InChI=1S/C27H36F2N8O3/c1-16-12-34(15-20-11-30-3-6-40-20)13-17(2)37(16)27(39)35-4-5-36-19(14-35)10-31-26-24(36)9-23(32-33-26)21-7-18(28)8-22(29)25(21)38/h7-9,16-17,19-20,30,38H,3-6,10-15H2,1-2H3,(H,31,33)/t16-,17-,19+,20+/m1/s1. The molecule has 0 unspecified atom stereocenters. The molecule has 2 aromatic rings. The first-order valence-corrected chi connectivity index (χ1v) is 14.0. The summed E-state index contributed by atoms with van der Waals surface area (Å²) in [5.41, 5.74) is 0.842. The van der Waals surface area contributed by atoms with E-state index >= 15 is 0 Å². The van der Waals surface area contributed by atoms with Crippen LogP contribution in [0.25, 0.3) is 11.3 Å². The Morgan fingerprint density at radius 2 is 1.90 bits per heavy atom. The highest BCUT2D eigenvalue weighted by Gasteiger charge is 2.40. The molecule has 1 aromatic heterocycles. The van der Waals surface area contributed by atoms with Gasteiger partial charge >= 0.3 is 6.03 Å². The normalized spacial score (nSPS) is 27.1. The van der Waals surface area contributed by atoms with Crippen molar-refractivity contribution >= 4 is 17.5 Å². The highest BCUT2D eigenvalue weighted by atomic mass is 19.1. The van der Waals surface area contributed by atoms with E-state index in [4.69, 9.17) is 4.74 Å². The van der Waals surface area contributed by atoms with E-state index in [0.717, 1.165) is 51.1 Å². The highest BCUT2D eigenvalue weighted by molar-refractivity contribution is 5.79. The molecule has 0 aliphatic carbocycles. The van der Waals surface area contributed by atoms with E-state index in [1.807, 2.05) is 9.80 Å². The Kier molecular flexibility index (Phi) is 7.36. The van der Waals surface area contributed by atoms with Gasteiger partial charge in [-0.2, -0.15) is 0 Å². The monoisotopic (exact) mass is 558 g/mol. The number of nitrogens with one attached hydrogen (secondary N) is 2. The molecule has 0 radical (unpaired) electrons. The Balaban J connectivity index is 1.13. The second-order valence-corrected chi connectivity index (χ2v) is 11.2. The zero-order chi connectivity index (χ0) is 28.0. The maximum Gasteiger partial charge on any atom is 0.320 e. The number of rotatable bonds is 3. The smallest absolute Gasteiger partial charge is 0.320 e. The first kappa shape index (κ1) is 26.9. The van der Waals surface area contributed by atoms with Crippen molar-refractivity contribution < 1.29 is 23.4 Å². The van der Waals surface area contributed by atoms with Crippen LogP contribution in [0.3, 0.4) is 0 Å². The minimum atomic E-state index is -1.05. The molecule has 4 atom stereocenters. The molecule has 0 saturated carbocycles. The van der Waals surface area contributed by atoms with Crippen LogP contribution in [0.5, 0.6) is 5.75 Å². The SMILES string of the molecule is C[C@@H]1CN(C[C@@H]2CNCCO2)C[C@@H](C)N1C(=O)N1CCN2c3cc(-c4cc(F)cc(F)c4O)nnc3NC[C@H]2C1. The third kappa shape index (κ3) is 5.13. The van der Waals surface area contributed by atoms with E-state index < -0.39 is 17.4 Å². The largest absolute Gasteiger partial charge is 0.504 e. The summed E-state index contributed by atoms with van der Waals surface area (Å²) < 4.78 is 33.7. The Hall–Kier alpha value is -3.29. The predicted octanol–water partition coefficient (Wildman–Crippen LogP) is 1.55. The van der Waals surface area contributed by atoms with E-state index in [9.17, 15) is 18.7 Å². The maximum absolute atomic E-state index is 14.0. The van der Waals surface area contributed by atoms with E-state index in [2.05, 4.69) is 44.5 Å². The number of hydrogen-bond acceptors (Lipinski definition) is 9. The molecule has 0 bridgehead atoms. The van der Waals surface area contributed by atoms with E-state index in [-0.39, 0.29) is 41.5 Å². The molecule has 3 fully saturated rings. The lowest BCUT2D eigenvalue weighted by atomic mass is 10.0. The third-order valence-electron chi connectivity index (χ3n) is 8.33. The van der Waals surface area contributed by atoms with Crippen LogP contribution in [0.2, 0.25) is 0 Å². The number of phenolic OH excluding ortho intramolecular Hbond substituents is 1. The molecule has 5 heterocycles. The number of amides is 2. The van der Waals surface area contributed by atoms with E-state index in [1.54, 1.807) is 6.07 Å². The maximum atomic E-state index is 14.0. The van der Waals surface area contributed by atoms with Crippen LogP contribution in [0, 0.1) is 11.6 Å². The molecule has 1 aromatic carbocycles. The summed E-state index contributed by atoms with van der Waals surface area (Å²) in [4.78, 5) is 22.3. The van der Waals surface area contributed by atoms with Gasteiger partial charge in [-0.15, -0.1) is 10.2 Å². The van der Waals surface area contributed by atoms with Crippen LogP contribution >= 0.6 is 0 Å². The van der Waals surface area contributed by atoms with Gasteiger partial charge in [0, 0.05) is 82.6 Å². The molecule has 4 aliphatic heterocycles. The lowest BCUT2D eigenvalue weighted by molar-refractivity contribution is -0.0187. The molecule has 4 aliphatic rings. The number of nitrogens with zero attached hydrogens (tertiary/aromatic N) is 6. The van der Waals surface area contributed by atoms with Crippen molar-refractivity contribution in [3.05, 3.63) is 29.8 Å². The summed E-state index contributed by atoms with van der Waals surface area (Å²) >= 11 is 0. The summed E-state index contributed by atoms with van der Waals surface area (Å²) in [7, 11) is 0. The summed E-state index contributed by atoms with van der Waals surface area (Å²) in [5, 5.41) is 25.1.